The van der Waals surface area contributed by atoms with Crippen molar-refractivity contribution in [3.63, 3.8) is 0 Å². The van der Waals surface area contributed by atoms with Gasteiger partial charge >= 0.3 is 0 Å². The maximum atomic E-state index is 4.74. The van der Waals surface area contributed by atoms with Gasteiger partial charge in [-0.15, -0.1) is 0 Å². The molecule has 3 aromatic carbocycles. The summed E-state index contributed by atoms with van der Waals surface area (Å²) in [6.45, 7) is 3.02. The molecular formula is C24H26N4. The number of H-pyrrole nitrogens is 1. The number of nitrogens with one attached hydrogen (secondary N) is 3. The maximum Gasteiger partial charge on any atom is 0.205 e. The van der Waals surface area contributed by atoms with Crippen LogP contribution < -0.4 is 10.6 Å². The predicted molar refractivity (Wildman–Crippen MR) is 118 cm³/mol. The molecular weight excluding hydrogens is 344 g/mol. The molecule has 4 nitrogen and oxygen atoms in total. The first-order valence-corrected chi connectivity index (χ1v) is 9.94. The van der Waals surface area contributed by atoms with Crippen LogP contribution in [-0.4, -0.2) is 9.97 Å². The van der Waals surface area contributed by atoms with Crippen LogP contribution in [0.15, 0.2) is 72.8 Å². The average Bonchev–Trinajstić information content (AvgIpc) is 3.14. The number of anilines is 3. The van der Waals surface area contributed by atoms with Crippen LogP contribution in [0.3, 0.4) is 0 Å². The number of nitrogens with zero attached hydrogens (tertiary/aromatic N) is 1. The summed E-state index contributed by atoms with van der Waals surface area (Å²) in [5, 5.41) is 6.93. The first-order chi connectivity index (χ1) is 13.8. The number of benzene rings is 3. The number of aromatic nitrogens is 2. The fourth-order valence-corrected chi connectivity index (χ4v) is 3.33. The van der Waals surface area contributed by atoms with Gasteiger partial charge < -0.3 is 15.6 Å². The van der Waals surface area contributed by atoms with E-state index in [0.717, 1.165) is 41.3 Å². The van der Waals surface area contributed by atoms with Gasteiger partial charge in [0.25, 0.3) is 0 Å². The third-order valence-corrected chi connectivity index (χ3v) is 4.89. The standard InChI is InChI=1S/C24H26N4/c1-2-3-11-19-12-7-8-13-21(19)26-24-27-22-15-14-20(16-23(22)28-24)25-17-18-9-5-4-6-10-18/h4-10,12-16,25H,2-3,11,17H2,1H3,(H2,26,27,28). The highest BCUT2D eigenvalue weighted by Crippen LogP contribution is 2.24. The van der Waals surface area contributed by atoms with Gasteiger partial charge in [-0.1, -0.05) is 61.9 Å². The van der Waals surface area contributed by atoms with Gasteiger partial charge in [0.05, 0.1) is 11.0 Å². The first-order valence-electron chi connectivity index (χ1n) is 9.94. The Balaban J connectivity index is 1.49. The quantitative estimate of drug-likeness (QED) is 0.343. The normalized spacial score (nSPS) is 10.9. The summed E-state index contributed by atoms with van der Waals surface area (Å²) in [4.78, 5) is 8.12. The average molecular weight is 370 g/mol. The van der Waals surface area contributed by atoms with E-state index in [2.05, 4.69) is 89.3 Å². The van der Waals surface area contributed by atoms with Crippen LogP contribution in [0.25, 0.3) is 11.0 Å². The van der Waals surface area contributed by atoms with E-state index in [9.17, 15) is 0 Å². The molecule has 0 saturated heterocycles. The third kappa shape index (κ3) is 4.34. The minimum atomic E-state index is 0.777. The molecule has 0 bridgehead atoms. The molecule has 142 valence electrons. The second kappa shape index (κ2) is 8.61. The molecule has 4 aromatic rings. The minimum absolute atomic E-state index is 0.777. The topological polar surface area (TPSA) is 52.7 Å². The van der Waals surface area contributed by atoms with E-state index < -0.39 is 0 Å². The summed E-state index contributed by atoms with van der Waals surface area (Å²) in [5.74, 6) is 0.777. The van der Waals surface area contributed by atoms with Crippen LogP contribution in [0.4, 0.5) is 17.3 Å². The number of rotatable bonds is 8. The number of unbranched alkanes of at least 4 members (excludes halogenated alkanes) is 1. The van der Waals surface area contributed by atoms with E-state index >= 15 is 0 Å². The SMILES string of the molecule is CCCCc1ccccc1Nc1nc2cc(NCc3ccccc3)ccc2[nH]1. The Morgan fingerprint density at radius 1 is 0.929 bits per heavy atom. The predicted octanol–water partition coefficient (Wildman–Crippen LogP) is 6.26. The van der Waals surface area contributed by atoms with Gasteiger partial charge in [0.2, 0.25) is 5.95 Å². The van der Waals surface area contributed by atoms with Gasteiger partial charge in [0.1, 0.15) is 0 Å². The summed E-state index contributed by atoms with van der Waals surface area (Å²) in [5.41, 5.74) is 6.76. The lowest BCUT2D eigenvalue weighted by Gasteiger charge is -2.09. The van der Waals surface area contributed by atoms with Crippen molar-refractivity contribution in [3.05, 3.63) is 83.9 Å². The van der Waals surface area contributed by atoms with E-state index in [0.29, 0.717) is 0 Å². The molecule has 0 saturated carbocycles. The van der Waals surface area contributed by atoms with Crippen LogP contribution in [0.5, 0.6) is 0 Å². The monoisotopic (exact) mass is 370 g/mol. The summed E-state index contributed by atoms with van der Waals surface area (Å²) in [6, 6.07) is 25.1. The molecule has 0 aliphatic rings. The van der Waals surface area contributed by atoms with Crippen LogP contribution >= 0.6 is 0 Å². The van der Waals surface area contributed by atoms with Crippen LogP contribution in [0.2, 0.25) is 0 Å². The smallest absolute Gasteiger partial charge is 0.205 e. The molecule has 28 heavy (non-hydrogen) atoms. The number of hydrogen-bond donors (Lipinski definition) is 3. The van der Waals surface area contributed by atoms with Crippen LogP contribution in [0, 0.1) is 0 Å². The Labute approximate surface area is 166 Å². The van der Waals surface area contributed by atoms with Gasteiger partial charge in [-0.05, 0) is 48.2 Å². The lowest BCUT2D eigenvalue weighted by molar-refractivity contribution is 0.796. The van der Waals surface area contributed by atoms with Crippen molar-refractivity contribution in [2.75, 3.05) is 10.6 Å². The van der Waals surface area contributed by atoms with E-state index in [-0.39, 0.29) is 0 Å². The van der Waals surface area contributed by atoms with E-state index in [1.165, 1.54) is 24.0 Å². The zero-order chi connectivity index (χ0) is 19.2. The van der Waals surface area contributed by atoms with Gasteiger partial charge in [0.15, 0.2) is 0 Å². The Hall–Kier alpha value is -3.27. The molecule has 0 aliphatic carbocycles. The van der Waals surface area contributed by atoms with Crippen molar-refractivity contribution < 1.29 is 0 Å². The summed E-state index contributed by atoms with van der Waals surface area (Å²) >= 11 is 0. The molecule has 3 N–H and O–H groups in total. The highest BCUT2D eigenvalue weighted by Gasteiger charge is 2.07. The molecule has 4 heteroatoms. The molecule has 0 radical (unpaired) electrons. The summed E-state index contributed by atoms with van der Waals surface area (Å²) in [7, 11) is 0. The molecule has 0 unspecified atom stereocenters. The van der Waals surface area contributed by atoms with Crippen molar-refractivity contribution in [3.8, 4) is 0 Å². The molecule has 0 amide bonds. The molecule has 4 rings (SSSR count). The Kier molecular flexibility index (Phi) is 5.57. The van der Waals surface area contributed by atoms with Crippen LogP contribution in [-0.2, 0) is 13.0 Å². The molecule has 0 aliphatic heterocycles. The lowest BCUT2D eigenvalue weighted by Crippen LogP contribution is -1.98. The number of hydrogen-bond acceptors (Lipinski definition) is 3. The number of para-hydroxylation sites is 1. The second-order valence-corrected chi connectivity index (χ2v) is 7.04. The zero-order valence-electron chi connectivity index (χ0n) is 16.2. The van der Waals surface area contributed by atoms with Crippen LogP contribution in [0.1, 0.15) is 30.9 Å². The Bertz CT molecular complexity index is 1040. The molecule has 0 spiro atoms. The molecule has 0 fully saturated rings. The number of aryl methyl sites for hydroxylation is 1. The van der Waals surface area contributed by atoms with Crippen molar-refractivity contribution in [1.82, 2.24) is 9.97 Å². The number of fused-ring (bicyclic) bond motifs is 1. The lowest BCUT2D eigenvalue weighted by atomic mass is 10.1. The van der Waals surface area contributed by atoms with E-state index in [1.807, 2.05) is 6.07 Å². The third-order valence-electron chi connectivity index (χ3n) is 4.89. The van der Waals surface area contributed by atoms with Gasteiger partial charge in [0, 0.05) is 17.9 Å². The van der Waals surface area contributed by atoms with E-state index in [1.54, 1.807) is 0 Å². The van der Waals surface area contributed by atoms with Crippen molar-refractivity contribution >= 4 is 28.4 Å². The van der Waals surface area contributed by atoms with Crippen molar-refractivity contribution in [2.45, 2.75) is 32.7 Å². The first kappa shape index (κ1) is 18.1. The molecule has 0 atom stereocenters. The highest BCUT2D eigenvalue weighted by atomic mass is 15.1. The fraction of sp³-hybridized carbons (Fsp3) is 0.208. The van der Waals surface area contributed by atoms with Gasteiger partial charge in [-0.2, -0.15) is 0 Å². The van der Waals surface area contributed by atoms with Gasteiger partial charge in [-0.25, -0.2) is 4.98 Å². The Morgan fingerprint density at radius 3 is 2.61 bits per heavy atom. The van der Waals surface area contributed by atoms with Gasteiger partial charge in [-0.3, -0.25) is 0 Å². The highest BCUT2D eigenvalue weighted by molar-refractivity contribution is 5.82. The van der Waals surface area contributed by atoms with E-state index in [4.69, 9.17) is 4.98 Å². The molecule has 1 heterocycles. The largest absolute Gasteiger partial charge is 0.381 e. The van der Waals surface area contributed by atoms with Crippen molar-refractivity contribution in [1.29, 1.82) is 0 Å². The van der Waals surface area contributed by atoms with Crippen molar-refractivity contribution in [2.24, 2.45) is 0 Å². The molecule has 1 aromatic heterocycles. The summed E-state index contributed by atoms with van der Waals surface area (Å²) in [6.07, 6.45) is 3.46. The maximum absolute atomic E-state index is 4.74. The number of aromatic amines is 1. The number of imidazole rings is 1. The fourth-order valence-electron chi connectivity index (χ4n) is 3.33. The Morgan fingerprint density at radius 2 is 1.75 bits per heavy atom. The minimum Gasteiger partial charge on any atom is -0.381 e. The second-order valence-electron chi connectivity index (χ2n) is 7.04. The zero-order valence-corrected chi connectivity index (χ0v) is 16.2. The summed E-state index contributed by atoms with van der Waals surface area (Å²) < 4.78 is 0.